The molecule has 176 valence electrons. The highest BCUT2D eigenvalue weighted by molar-refractivity contribution is 8.18. The van der Waals surface area contributed by atoms with Crippen LogP contribution in [0.2, 0.25) is 5.02 Å². The van der Waals surface area contributed by atoms with E-state index in [1.165, 1.54) is 0 Å². The molecule has 0 unspecified atom stereocenters. The summed E-state index contributed by atoms with van der Waals surface area (Å²) >= 11 is 6.64. The molecule has 10 heteroatoms. The third-order valence-electron chi connectivity index (χ3n) is 5.28. The Hall–Kier alpha value is -3.30. The van der Waals surface area contributed by atoms with Gasteiger partial charge in [-0.2, -0.15) is 0 Å². The van der Waals surface area contributed by atoms with Crippen molar-refractivity contribution in [1.82, 2.24) is 9.80 Å². The minimum Gasteiger partial charge on any atom is -0.484 e. The molecule has 2 aromatic carbocycles. The summed E-state index contributed by atoms with van der Waals surface area (Å²) in [6.45, 7) is 0.875. The zero-order valence-corrected chi connectivity index (χ0v) is 19.7. The highest BCUT2D eigenvalue weighted by Crippen LogP contribution is 2.32. The molecular formula is C24H22ClN3O5S. The fraction of sp³-hybridized carbons (Fsp3) is 0.250. The van der Waals surface area contributed by atoms with Crippen LogP contribution in [0.25, 0.3) is 6.08 Å². The van der Waals surface area contributed by atoms with Crippen molar-refractivity contribution in [3.63, 3.8) is 0 Å². The number of halogens is 1. The molecule has 4 rings (SSSR count). The van der Waals surface area contributed by atoms with Crippen LogP contribution in [0.5, 0.6) is 5.75 Å². The van der Waals surface area contributed by atoms with Gasteiger partial charge in [-0.25, -0.2) is 0 Å². The van der Waals surface area contributed by atoms with Crippen LogP contribution in [0.15, 0.2) is 53.4 Å². The average Bonchev–Trinajstić information content (AvgIpc) is 3.45. The summed E-state index contributed by atoms with van der Waals surface area (Å²) in [6.07, 6.45) is 3.45. The molecule has 2 heterocycles. The molecular weight excluding hydrogens is 478 g/mol. The van der Waals surface area contributed by atoms with Crippen molar-refractivity contribution in [1.29, 1.82) is 0 Å². The molecule has 2 aliphatic heterocycles. The summed E-state index contributed by atoms with van der Waals surface area (Å²) in [5.74, 6) is -0.607. The number of ether oxygens (including phenoxy) is 1. The third kappa shape index (κ3) is 5.98. The zero-order chi connectivity index (χ0) is 24.1. The van der Waals surface area contributed by atoms with Gasteiger partial charge in [0, 0.05) is 23.8 Å². The lowest BCUT2D eigenvalue weighted by Crippen LogP contribution is -2.40. The first-order valence-electron chi connectivity index (χ1n) is 10.7. The van der Waals surface area contributed by atoms with Crippen LogP contribution in [0.1, 0.15) is 18.4 Å². The first-order chi connectivity index (χ1) is 16.4. The number of carbonyl (C=O) groups excluding carboxylic acids is 4. The van der Waals surface area contributed by atoms with Crippen LogP contribution >= 0.6 is 23.4 Å². The van der Waals surface area contributed by atoms with E-state index in [0.717, 1.165) is 29.5 Å². The number of thioether (sulfide) groups is 1. The maximum atomic E-state index is 12.7. The van der Waals surface area contributed by atoms with Crippen LogP contribution < -0.4 is 10.1 Å². The van der Waals surface area contributed by atoms with Crippen LogP contribution in [0.4, 0.5) is 10.5 Å². The minimum absolute atomic E-state index is 0.207. The Balaban J connectivity index is 1.35. The van der Waals surface area contributed by atoms with Gasteiger partial charge in [-0.05, 0) is 72.6 Å². The number of likely N-dealkylation sites (tertiary alicyclic amines) is 1. The minimum atomic E-state index is -0.490. The summed E-state index contributed by atoms with van der Waals surface area (Å²) < 4.78 is 5.56. The number of nitrogens with zero attached hydrogens (tertiary/aromatic N) is 2. The topological polar surface area (TPSA) is 96.0 Å². The number of nitrogens with one attached hydrogen (secondary N) is 1. The standard InChI is InChI=1S/C24H22ClN3O5S/c25-17-6-8-18(9-7-17)26-21(29)15-33-19-5-3-4-16(12-19)13-20-23(31)28(24(32)34-20)14-22(30)27-10-1-2-11-27/h3-9,12-13H,1-2,10-11,14-15H2,(H,26,29)/b20-13-. The number of carbonyl (C=O) groups is 4. The summed E-state index contributed by atoms with van der Waals surface area (Å²) in [4.78, 5) is 52.4. The van der Waals surface area contributed by atoms with E-state index in [1.54, 1.807) is 59.5 Å². The van der Waals surface area contributed by atoms with Gasteiger partial charge in [0.15, 0.2) is 6.61 Å². The molecule has 0 saturated carbocycles. The van der Waals surface area contributed by atoms with E-state index in [4.69, 9.17) is 16.3 Å². The van der Waals surface area contributed by atoms with Gasteiger partial charge in [0.05, 0.1) is 4.91 Å². The van der Waals surface area contributed by atoms with E-state index in [2.05, 4.69) is 5.32 Å². The fourth-order valence-corrected chi connectivity index (χ4v) is 4.53. The summed E-state index contributed by atoms with van der Waals surface area (Å²) in [7, 11) is 0. The van der Waals surface area contributed by atoms with Gasteiger partial charge in [0.1, 0.15) is 12.3 Å². The van der Waals surface area contributed by atoms with Crippen molar-refractivity contribution in [2.24, 2.45) is 0 Å². The van der Waals surface area contributed by atoms with Gasteiger partial charge in [0.25, 0.3) is 17.1 Å². The van der Waals surface area contributed by atoms with Gasteiger partial charge in [-0.15, -0.1) is 0 Å². The molecule has 0 bridgehead atoms. The molecule has 1 N–H and O–H groups in total. The van der Waals surface area contributed by atoms with E-state index >= 15 is 0 Å². The van der Waals surface area contributed by atoms with Crippen LogP contribution in [-0.2, 0) is 14.4 Å². The Morgan fingerprint density at radius 1 is 1.09 bits per heavy atom. The number of hydrogen-bond acceptors (Lipinski definition) is 6. The Kier molecular flexibility index (Phi) is 7.54. The molecule has 8 nitrogen and oxygen atoms in total. The number of benzene rings is 2. The molecule has 0 spiro atoms. The van der Waals surface area contributed by atoms with E-state index in [1.807, 2.05) is 0 Å². The highest BCUT2D eigenvalue weighted by atomic mass is 35.5. The molecule has 2 saturated heterocycles. The van der Waals surface area contributed by atoms with Gasteiger partial charge in [0.2, 0.25) is 5.91 Å². The normalized spacial score (nSPS) is 16.9. The summed E-state index contributed by atoms with van der Waals surface area (Å²) in [5.41, 5.74) is 1.23. The summed E-state index contributed by atoms with van der Waals surface area (Å²) in [5, 5.41) is 2.82. The van der Waals surface area contributed by atoms with E-state index in [-0.39, 0.29) is 29.9 Å². The van der Waals surface area contributed by atoms with Gasteiger partial charge >= 0.3 is 0 Å². The molecule has 2 fully saturated rings. The fourth-order valence-electron chi connectivity index (χ4n) is 3.56. The lowest BCUT2D eigenvalue weighted by molar-refractivity contribution is -0.135. The summed E-state index contributed by atoms with van der Waals surface area (Å²) in [6, 6.07) is 13.5. The second-order valence-corrected chi connectivity index (χ2v) is 9.20. The SMILES string of the molecule is O=C(COc1cccc(/C=C2\SC(=O)N(CC(=O)N3CCCC3)C2=O)c1)Nc1ccc(Cl)cc1. The molecule has 4 amide bonds. The quantitative estimate of drug-likeness (QED) is 0.578. The maximum absolute atomic E-state index is 12.7. The molecule has 0 aliphatic carbocycles. The van der Waals surface area contributed by atoms with Crippen LogP contribution in [-0.4, -0.2) is 59.0 Å². The van der Waals surface area contributed by atoms with Gasteiger partial charge in [-0.1, -0.05) is 23.7 Å². The number of rotatable bonds is 7. The zero-order valence-electron chi connectivity index (χ0n) is 18.2. The number of imide groups is 1. The predicted molar refractivity (Wildman–Crippen MR) is 131 cm³/mol. The lowest BCUT2D eigenvalue weighted by Gasteiger charge is -2.18. The maximum Gasteiger partial charge on any atom is 0.294 e. The molecule has 0 radical (unpaired) electrons. The van der Waals surface area contributed by atoms with E-state index in [0.29, 0.717) is 35.1 Å². The molecule has 34 heavy (non-hydrogen) atoms. The largest absolute Gasteiger partial charge is 0.484 e. The first kappa shape index (κ1) is 23.8. The smallest absolute Gasteiger partial charge is 0.294 e. The molecule has 2 aromatic rings. The lowest BCUT2D eigenvalue weighted by atomic mass is 10.2. The van der Waals surface area contributed by atoms with Crippen molar-refractivity contribution >= 4 is 58.1 Å². The van der Waals surface area contributed by atoms with Crippen molar-refractivity contribution in [2.75, 3.05) is 31.6 Å². The second-order valence-electron chi connectivity index (χ2n) is 7.77. The Morgan fingerprint density at radius 3 is 2.56 bits per heavy atom. The Morgan fingerprint density at radius 2 is 1.82 bits per heavy atom. The average molecular weight is 500 g/mol. The van der Waals surface area contributed by atoms with Gasteiger partial charge in [-0.3, -0.25) is 24.1 Å². The van der Waals surface area contributed by atoms with Gasteiger partial charge < -0.3 is 15.0 Å². The van der Waals surface area contributed by atoms with E-state index < -0.39 is 11.1 Å². The van der Waals surface area contributed by atoms with Crippen molar-refractivity contribution < 1.29 is 23.9 Å². The predicted octanol–water partition coefficient (Wildman–Crippen LogP) is 4.02. The number of amides is 4. The number of anilines is 1. The van der Waals surface area contributed by atoms with Crippen molar-refractivity contribution in [3.8, 4) is 5.75 Å². The third-order valence-corrected chi connectivity index (χ3v) is 6.44. The molecule has 0 atom stereocenters. The highest BCUT2D eigenvalue weighted by Gasteiger charge is 2.37. The van der Waals surface area contributed by atoms with E-state index in [9.17, 15) is 19.2 Å². The Bertz CT molecular complexity index is 1150. The molecule has 2 aliphatic rings. The second kappa shape index (κ2) is 10.8. The molecule has 0 aromatic heterocycles. The monoisotopic (exact) mass is 499 g/mol. The van der Waals surface area contributed by atoms with Crippen LogP contribution in [0, 0.1) is 0 Å². The number of hydrogen-bond donors (Lipinski definition) is 1. The van der Waals surface area contributed by atoms with Crippen LogP contribution in [0.3, 0.4) is 0 Å². The first-order valence-corrected chi connectivity index (χ1v) is 11.9. The van der Waals surface area contributed by atoms with Crippen molar-refractivity contribution in [3.05, 3.63) is 64.0 Å². The van der Waals surface area contributed by atoms with Crippen molar-refractivity contribution in [2.45, 2.75) is 12.8 Å². The Labute approximate surface area is 205 Å².